The van der Waals surface area contributed by atoms with Crippen molar-refractivity contribution in [2.75, 3.05) is 6.54 Å². The van der Waals surface area contributed by atoms with Gasteiger partial charge in [-0.05, 0) is 13.0 Å². The van der Waals surface area contributed by atoms with E-state index in [0.29, 0.717) is 18.0 Å². The van der Waals surface area contributed by atoms with Crippen molar-refractivity contribution < 1.29 is 13.2 Å². The summed E-state index contributed by atoms with van der Waals surface area (Å²) >= 11 is 1.00. The van der Waals surface area contributed by atoms with Gasteiger partial charge in [0.25, 0.3) is 0 Å². The molecule has 0 aromatic carbocycles. The Kier molecular flexibility index (Phi) is 3.82. The molecule has 0 spiro atoms. The Labute approximate surface area is 83.1 Å². The Bertz CT molecular complexity index is 284. The summed E-state index contributed by atoms with van der Waals surface area (Å²) in [7, 11) is 0. The van der Waals surface area contributed by atoms with Gasteiger partial charge in [0.1, 0.15) is 10.0 Å². The topological polar surface area (TPSA) is 51.8 Å². The summed E-state index contributed by atoms with van der Waals surface area (Å²) in [6.45, 7) is 0.508. The molecule has 7 heteroatoms. The van der Waals surface area contributed by atoms with E-state index < -0.39 is 12.6 Å². The smallest absolute Gasteiger partial charge is 0.330 e. The van der Waals surface area contributed by atoms with Gasteiger partial charge in [-0.25, -0.2) is 0 Å². The maximum atomic E-state index is 11.9. The molecule has 1 heterocycles. The molecule has 0 unspecified atom stereocenters. The molecular formula is C7H10F3N3S. The molecule has 0 aliphatic carbocycles. The Hall–Kier alpha value is -0.690. The number of nitrogens with two attached hydrogens (primary N) is 1. The normalized spacial score (nSPS) is 12.0. The van der Waals surface area contributed by atoms with Crippen LogP contribution in [0.15, 0.2) is 0 Å². The van der Waals surface area contributed by atoms with Gasteiger partial charge in [-0.15, -0.1) is 21.5 Å². The summed E-state index contributed by atoms with van der Waals surface area (Å²) in [4.78, 5) is 0. The third-order valence-electron chi connectivity index (χ3n) is 1.46. The highest BCUT2D eigenvalue weighted by atomic mass is 32.1. The van der Waals surface area contributed by atoms with Crippen LogP contribution in [-0.2, 0) is 12.8 Å². The van der Waals surface area contributed by atoms with Gasteiger partial charge in [-0.1, -0.05) is 0 Å². The van der Waals surface area contributed by atoms with E-state index in [4.69, 9.17) is 5.73 Å². The van der Waals surface area contributed by atoms with Crippen molar-refractivity contribution in [1.29, 1.82) is 0 Å². The van der Waals surface area contributed by atoms with E-state index in [1.807, 2.05) is 0 Å². The van der Waals surface area contributed by atoms with Crippen LogP contribution in [0.25, 0.3) is 0 Å². The number of nitrogens with zero attached hydrogens (tertiary/aromatic N) is 2. The van der Waals surface area contributed by atoms with Crippen molar-refractivity contribution in [3.63, 3.8) is 0 Å². The fourth-order valence-electron chi connectivity index (χ4n) is 0.886. The second kappa shape index (κ2) is 4.70. The molecule has 0 atom stereocenters. The summed E-state index contributed by atoms with van der Waals surface area (Å²) in [5.41, 5.74) is 5.26. The number of aryl methyl sites for hydroxylation is 1. The van der Waals surface area contributed by atoms with Crippen LogP contribution in [0.5, 0.6) is 0 Å². The molecule has 1 rings (SSSR count). The zero-order valence-electron chi connectivity index (χ0n) is 7.34. The third kappa shape index (κ3) is 4.01. The minimum absolute atomic E-state index is 0.0181. The average Bonchev–Trinajstić information content (AvgIpc) is 2.46. The molecule has 0 aliphatic heterocycles. The van der Waals surface area contributed by atoms with Crippen molar-refractivity contribution in [3.8, 4) is 0 Å². The Balaban J connectivity index is 2.51. The standard InChI is InChI=1S/C7H10F3N3S/c8-7(9,10)4-6-13-12-5(14-6)2-1-3-11/h1-4,11H2. The maximum Gasteiger partial charge on any atom is 0.395 e. The van der Waals surface area contributed by atoms with Gasteiger partial charge in [-0.2, -0.15) is 13.2 Å². The average molecular weight is 225 g/mol. The van der Waals surface area contributed by atoms with Crippen LogP contribution in [-0.4, -0.2) is 22.9 Å². The lowest BCUT2D eigenvalue weighted by Crippen LogP contribution is -2.11. The van der Waals surface area contributed by atoms with Gasteiger partial charge in [-0.3, -0.25) is 0 Å². The minimum atomic E-state index is -4.20. The van der Waals surface area contributed by atoms with Crippen LogP contribution >= 0.6 is 11.3 Å². The van der Waals surface area contributed by atoms with E-state index in [-0.39, 0.29) is 5.01 Å². The Morgan fingerprint density at radius 1 is 1.21 bits per heavy atom. The molecule has 80 valence electrons. The highest BCUT2D eigenvalue weighted by molar-refractivity contribution is 7.11. The van der Waals surface area contributed by atoms with E-state index >= 15 is 0 Å². The van der Waals surface area contributed by atoms with Gasteiger partial charge in [0.15, 0.2) is 0 Å². The zero-order valence-corrected chi connectivity index (χ0v) is 8.16. The second-order valence-electron chi connectivity index (χ2n) is 2.77. The van der Waals surface area contributed by atoms with Crippen LogP contribution in [0, 0.1) is 0 Å². The predicted molar refractivity (Wildman–Crippen MR) is 47.0 cm³/mol. The maximum absolute atomic E-state index is 11.9. The summed E-state index contributed by atoms with van der Waals surface area (Å²) in [5, 5.41) is 7.75. The third-order valence-corrected chi connectivity index (χ3v) is 2.44. The summed E-state index contributed by atoms with van der Waals surface area (Å²) in [6, 6.07) is 0. The van der Waals surface area contributed by atoms with Crippen molar-refractivity contribution in [3.05, 3.63) is 10.0 Å². The van der Waals surface area contributed by atoms with E-state index in [1.165, 1.54) is 0 Å². The molecule has 0 bridgehead atoms. The quantitative estimate of drug-likeness (QED) is 0.845. The molecule has 1 aromatic rings. The fraction of sp³-hybridized carbons (Fsp3) is 0.714. The minimum Gasteiger partial charge on any atom is -0.330 e. The van der Waals surface area contributed by atoms with Crippen LogP contribution in [0.1, 0.15) is 16.4 Å². The second-order valence-corrected chi connectivity index (χ2v) is 3.92. The van der Waals surface area contributed by atoms with Crippen molar-refractivity contribution in [2.45, 2.75) is 25.4 Å². The summed E-state index contributed by atoms with van der Waals surface area (Å²) in [5.74, 6) is 0. The highest BCUT2D eigenvalue weighted by Crippen LogP contribution is 2.23. The molecule has 0 radical (unpaired) electrons. The van der Waals surface area contributed by atoms with Crippen LogP contribution in [0.3, 0.4) is 0 Å². The van der Waals surface area contributed by atoms with E-state index in [1.54, 1.807) is 0 Å². The predicted octanol–water partition coefficient (Wildman–Crippen LogP) is 1.53. The molecule has 1 aromatic heterocycles. The number of rotatable bonds is 4. The summed E-state index contributed by atoms with van der Waals surface area (Å²) < 4.78 is 35.8. The van der Waals surface area contributed by atoms with Gasteiger partial charge in [0.2, 0.25) is 0 Å². The molecule has 0 fully saturated rings. The zero-order chi connectivity index (χ0) is 10.6. The first-order valence-electron chi connectivity index (χ1n) is 4.09. The van der Waals surface area contributed by atoms with Crippen molar-refractivity contribution in [1.82, 2.24) is 10.2 Å². The molecule has 14 heavy (non-hydrogen) atoms. The fourth-order valence-corrected chi connectivity index (χ4v) is 1.80. The van der Waals surface area contributed by atoms with Crippen molar-refractivity contribution in [2.24, 2.45) is 5.73 Å². The monoisotopic (exact) mass is 225 g/mol. The van der Waals surface area contributed by atoms with E-state index in [2.05, 4.69) is 10.2 Å². The number of aromatic nitrogens is 2. The van der Waals surface area contributed by atoms with E-state index in [0.717, 1.165) is 17.8 Å². The van der Waals surface area contributed by atoms with Gasteiger partial charge in [0, 0.05) is 6.42 Å². The van der Waals surface area contributed by atoms with E-state index in [9.17, 15) is 13.2 Å². The molecule has 3 nitrogen and oxygen atoms in total. The van der Waals surface area contributed by atoms with Gasteiger partial charge >= 0.3 is 6.18 Å². The van der Waals surface area contributed by atoms with Crippen molar-refractivity contribution >= 4 is 11.3 Å². The molecule has 2 N–H and O–H groups in total. The lowest BCUT2D eigenvalue weighted by Gasteiger charge is -2.00. The largest absolute Gasteiger partial charge is 0.395 e. The van der Waals surface area contributed by atoms with Crippen LogP contribution in [0.2, 0.25) is 0 Å². The first-order valence-corrected chi connectivity index (χ1v) is 4.91. The Morgan fingerprint density at radius 3 is 2.43 bits per heavy atom. The van der Waals surface area contributed by atoms with Gasteiger partial charge < -0.3 is 5.73 Å². The molecule has 0 aliphatic rings. The number of hydrogen-bond donors (Lipinski definition) is 1. The van der Waals surface area contributed by atoms with Gasteiger partial charge in [0.05, 0.1) is 6.42 Å². The molecule has 0 amide bonds. The van der Waals surface area contributed by atoms with Crippen LogP contribution < -0.4 is 5.73 Å². The first kappa shape index (κ1) is 11.4. The lowest BCUT2D eigenvalue weighted by atomic mass is 10.3. The number of halogens is 3. The lowest BCUT2D eigenvalue weighted by molar-refractivity contribution is -0.127. The molecule has 0 saturated heterocycles. The number of alkyl halides is 3. The first-order chi connectivity index (χ1) is 6.51. The number of hydrogen-bond acceptors (Lipinski definition) is 4. The highest BCUT2D eigenvalue weighted by Gasteiger charge is 2.29. The molecule has 0 saturated carbocycles. The SMILES string of the molecule is NCCCc1nnc(CC(F)(F)F)s1. The molecular weight excluding hydrogens is 215 g/mol. The summed E-state index contributed by atoms with van der Waals surface area (Å²) in [6.07, 6.45) is -3.87. The Morgan fingerprint density at radius 2 is 1.86 bits per heavy atom. The van der Waals surface area contributed by atoms with Crippen LogP contribution in [0.4, 0.5) is 13.2 Å².